The maximum atomic E-state index is 13.5. The van der Waals surface area contributed by atoms with Crippen molar-refractivity contribution in [2.24, 2.45) is 0 Å². The van der Waals surface area contributed by atoms with E-state index in [4.69, 9.17) is 0 Å². The summed E-state index contributed by atoms with van der Waals surface area (Å²) in [7, 11) is 1.65. The molecule has 0 heterocycles. The Balaban J connectivity index is 2.58. The summed E-state index contributed by atoms with van der Waals surface area (Å²) in [4.78, 5) is 13.3. The maximum absolute atomic E-state index is 13.5. The van der Waals surface area contributed by atoms with Crippen molar-refractivity contribution in [2.75, 3.05) is 20.1 Å². The first kappa shape index (κ1) is 17.5. The number of nitrogens with one attached hydrogen (secondary N) is 1. The number of hydrogen-bond acceptors (Lipinski definition) is 3. The fraction of sp³-hybridized carbons (Fsp3) is 0.533. The molecule has 0 saturated heterocycles. The smallest absolute Gasteiger partial charge is 0.234 e. The number of aliphatic hydroxyl groups excluding tert-OH is 1. The molecule has 1 aromatic carbocycles. The highest BCUT2D eigenvalue weighted by atomic mass is 19.1. The van der Waals surface area contributed by atoms with Crippen LogP contribution in [0.5, 0.6) is 0 Å². The maximum Gasteiger partial charge on any atom is 0.234 e. The van der Waals surface area contributed by atoms with E-state index < -0.39 is 17.7 Å². The molecule has 118 valence electrons. The lowest BCUT2D eigenvalue weighted by atomic mass is 10.1. The molecule has 0 aliphatic rings. The molecule has 1 unspecified atom stereocenters. The van der Waals surface area contributed by atoms with Gasteiger partial charge in [-0.3, -0.25) is 9.69 Å². The Kier molecular flexibility index (Phi) is 5.80. The van der Waals surface area contributed by atoms with Gasteiger partial charge in [-0.1, -0.05) is 6.07 Å². The predicted molar refractivity (Wildman–Crippen MR) is 76.7 cm³/mol. The summed E-state index contributed by atoms with van der Waals surface area (Å²) < 4.78 is 26.4. The highest BCUT2D eigenvalue weighted by Gasteiger charge is 2.19. The molecule has 0 bridgehead atoms. The number of benzene rings is 1. The van der Waals surface area contributed by atoms with Gasteiger partial charge in [0.25, 0.3) is 0 Å². The van der Waals surface area contributed by atoms with Crippen LogP contribution >= 0.6 is 0 Å². The number of hydrogen-bond donors (Lipinski definition) is 2. The van der Waals surface area contributed by atoms with Crippen molar-refractivity contribution in [3.8, 4) is 0 Å². The number of aliphatic hydroxyl groups is 1. The van der Waals surface area contributed by atoms with Crippen molar-refractivity contribution in [1.82, 2.24) is 10.2 Å². The van der Waals surface area contributed by atoms with Crippen molar-refractivity contribution >= 4 is 5.91 Å². The van der Waals surface area contributed by atoms with Gasteiger partial charge in [0.1, 0.15) is 11.6 Å². The number of amides is 1. The van der Waals surface area contributed by atoms with E-state index in [2.05, 4.69) is 5.32 Å². The number of rotatable bonds is 5. The number of carbonyl (C=O) groups excluding carboxylic acids is 1. The molecule has 1 amide bonds. The molecule has 0 aromatic heterocycles. The van der Waals surface area contributed by atoms with Crippen molar-refractivity contribution in [3.63, 3.8) is 0 Å². The zero-order chi connectivity index (χ0) is 16.2. The predicted octanol–water partition coefficient (Wildman–Crippen LogP) is 1.84. The van der Waals surface area contributed by atoms with Gasteiger partial charge < -0.3 is 10.4 Å². The Morgan fingerprint density at radius 2 is 2.00 bits per heavy atom. The molecule has 1 rings (SSSR count). The molecule has 0 aliphatic heterocycles. The second kappa shape index (κ2) is 6.95. The van der Waals surface area contributed by atoms with E-state index in [0.717, 1.165) is 12.1 Å². The zero-order valence-corrected chi connectivity index (χ0v) is 12.8. The Hall–Kier alpha value is -1.53. The van der Waals surface area contributed by atoms with Crippen molar-refractivity contribution < 1.29 is 18.7 Å². The number of nitrogens with zero attached hydrogens (tertiary/aromatic N) is 1. The molecule has 0 radical (unpaired) electrons. The first-order valence-corrected chi connectivity index (χ1v) is 6.71. The lowest BCUT2D eigenvalue weighted by molar-refractivity contribution is -0.123. The molecular formula is C15H22F2N2O2. The van der Waals surface area contributed by atoms with Gasteiger partial charge in [0, 0.05) is 23.7 Å². The number of carbonyl (C=O) groups is 1. The SMILES string of the molecule is CN(CC(=O)NC(C)(C)C)CC(O)c1ccc(F)cc1F. The molecule has 1 aromatic rings. The van der Waals surface area contributed by atoms with Crippen LogP contribution in [0, 0.1) is 11.6 Å². The lowest BCUT2D eigenvalue weighted by Gasteiger charge is -2.24. The second-order valence-corrected chi connectivity index (χ2v) is 6.18. The minimum absolute atomic E-state index is 0.0134. The lowest BCUT2D eigenvalue weighted by Crippen LogP contribution is -2.45. The van der Waals surface area contributed by atoms with E-state index in [-0.39, 0.29) is 30.1 Å². The third-order valence-electron chi connectivity index (χ3n) is 2.73. The number of likely N-dealkylation sites (N-methyl/N-ethyl adjacent to an activating group) is 1. The minimum Gasteiger partial charge on any atom is -0.387 e. The van der Waals surface area contributed by atoms with E-state index >= 15 is 0 Å². The topological polar surface area (TPSA) is 52.6 Å². The zero-order valence-electron chi connectivity index (χ0n) is 12.8. The number of halogens is 2. The molecule has 0 fully saturated rings. The van der Waals surface area contributed by atoms with Crippen molar-refractivity contribution in [3.05, 3.63) is 35.4 Å². The van der Waals surface area contributed by atoms with E-state index in [0.29, 0.717) is 0 Å². The highest BCUT2D eigenvalue weighted by Crippen LogP contribution is 2.18. The van der Waals surface area contributed by atoms with Crippen LogP contribution in [0.3, 0.4) is 0 Å². The Labute approximate surface area is 123 Å². The van der Waals surface area contributed by atoms with Gasteiger partial charge >= 0.3 is 0 Å². The molecular weight excluding hydrogens is 278 g/mol. The summed E-state index contributed by atoms with van der Waals surface area (Å²) in [5.74, 6) is -1.67. The van der Waals surface area contributed by atoms with E-state index in [1.165, 1.54) is 6.07 Å². The average molecular weight is 300 g/mol. The molecule has 0 aliphatic carbocycles. The van der Waals surface area contributed by atoms with Gasteiger partial charge in [0.2, 0.25) is 5.91 Å². The quantitative estimate of drug-likeness (QED) is 0.872. The van der Waals surface area contributed by atoms with Crippen LogP contribution < -0.4 is 5.32 Å². The Bertz CT molecular complexity index is 501. The van der Waals surface area contributed by atoms with E-state index in [1.807, 2.05) is 20.8 Å². The van der Waals surface area contributed by atoms with Crippen LogP contribution in [0.15, 0.2) is 18.2 Å². The standard InChI is InChI=1S/C15H22F2N2O2/c1-15(2,3)18-14(21)9-19(4)8-13(20)11-6-5-10(16)7-12(11)17/h5-7,13,20H,8-9H2,1-4H3,(H,18,21). The van der Waals surface area contributed by atoms with E-state index in [9.17, 15) is 18.7 Å². The first-order valence-electron chi connectivity index (χ1n) is 6.71. The van der Waals surface area contributed by atoms with Crippen LogP contribution in [0.25, 0.3) is 0 Å². The second-order valence-electron chi connectivity index (χ2n) is 6.18. The van der Waals surface area contributed by atoms with Gasteiger partial charge in [-0.15, -0.1) is 0 Å². The largest absolute Gasteiger partial charge is 0.387 e. The Morgan fingerprint density at radius 3 is 2.52 bits per heavy atom. The first-order chi connectivity index (χ1) is 9.58. The van der Waals surface area contributed by atoms with E-state index in [1.54, 1.807) is 11.9 Å². The summed E-state index contributed by atoms with van der Waals surface area (Å²) in [6.45, 7) is 5.76. The van der Waals surface area contributed by atoms with Gasteiger partial charge in [-0.25, -0.2) is 8.78 Å². The summed E-state index contributed by atoms with van der Waals surface area (Å²) in [6.07, 6.45) is -1.13. The van der Waals surface area contributed by atoms with Crippen molar-refractivity contribution in [2.45, 2.75) is 32.4 Å². The fourth-order valence-electron chi connectivity index (χ4n) is 1.93. The minimum atomic E-state index is -1.13. The summed E-state index contributed by atoms with van der Waals surface area (Å²) in [5.41, 5.74) is -0.320. The molecule has 4 nitrogen and oxygen atoms in total. The molecule has 0 saturated carbocycles. The van der Waals surface area contributed by atoms with Crippen LogP contribution in [-0.2, 0) is 4.79 Å². The van der Waals surface area contributed by atoms with Crippen LogP contribution in [-0.4, -0.2) is 41.6 Å². The van der Waals surface area contributed by atoms with Gasteiger partial charge in [-0.05, 0) is 33.9 Å². The van der Waals surface area contributed by atoms with Crippen LogP contribution in [0.1, 0.15) is 32.4 Å². The molecule has 6 heteroatoms. The summed E-state index contributed by atoms with van der Waals surface area (Å²) >= 11 is 0. The third kappa shape index (κ3) is 6.18. The molecule has 2 N–H and O–H groups in total. The highest BCUT2D eigenvalue weighted by molar-refractivity contribution is 5.78. The molecule has 1 atom stereocenters. The van der Waals surface area contributed by atoms with Crippen molar-refractivity contribution in [1.29, 1.82) is 0 Å². The normalized spacial score (nSPS) is 13.3. The third-order valence-corrected chi connectivity index (χ3v) is 2.73. The van der Waals surface area contributed by atoms with Gasteiger partial charge in [0.15, 0.2) is 0 Å². The van der Waals surface area contributed by atoms with Gasteiger partial charge in [0.05, 0.1) is 12.6 Å². The Morgan fingerprint density at radius 1 is 1.38 bits per heavy atom. The summed E-state index contributed by atoms with van der Waals surface area (Å²) in [6, 6.07) is 3.03. The summed E-state index contributed by atoms with van der Waals surface area (Å²) in [5, 5.41) is 12.8. The van der Waals surface area contributed by atoms with Gasteiger partial charge in [-0.2, -0.15) is 0 Å². The van der Waals surface area contributed by atoms with Crippen LogP contribution in [0.2, 0.25) is 0 Å². The molecule has 21 heavy (non-hydrogen) atoms. The van der Waals surface area contributed by atoms with Crippen LogP contribution in [0.4, 0.5) is 8.78 Å². The molecule has 0 spiro atoms. The average Bonchev–Trinajstić information content (AvgIpc) is 2.24. The fourth-order valence-corrected chi connectivity index (χ4v) is 1.93. The monoisotopic (exact) mass is 300 g/mol.